The molecule has 0 spiro atoms. The van der Waals surface area contributed by atoms with E-state index in [1.807, 2.05) is 0 Å². The minimum Gasteiger partial charge on any atom is -0.374 e. The summed E-state index contributed by atoms with van der Waals surface area (Å²) in [4.78, 5) is 0. The maximum absolute atomic E-state index is 12.3. The van der Waals surface area contributed by atoms with E-state index in [0.717, 1.165) is 12.1 Å². The van der Waals surface area contributed by atoms with Gasteiger partial charge in [-0.05, 0) is 5.56 Å². The van der Waals surface area contributed by atoms with E-state index in [9.17, 15) is 17.6 Å². The van der Waals surface area contributed by atoms with Gasteiger partial charge >= 0.3 is 0 Å². The van der Waals surface area contributed by atoms with Gasteiger partial charge in [-0.3, -0.25) is 0 Å². The largest absolute Gasteiger partial charge is 0.374 e. The molecule has 14 heavy (non-hydrogen) atoms. The fraction of sp³-hybridized carbons (Fsp3) is 0.333. The smallest absolute Gasteiger partial charge is 0.276 e. The molecule has 0 aliphatic heterocycles. The van der Waals surface area contributed by atoms with Crippen LogP contribution in [-0.2, 0) is 5.60 Å². The molecule has 1 aromatic rings. The van der Waals surface area contributed by atoms with E-state index >= 15 is 0 Å². The second-order valence-corrected chi connectivity index (χ2v) is 2.79. The van der Waals surface area contributed by atoms with Crippen LogP contribution in [0, 0.1) is 0 Å². The van der Waals surface area contributed by atoms with Crippen LogP contribution in [0.5, 0.6) is 0 Å². The summed E-state index contributed by atoms with van der Waals surface area (Å²) in [7, 11) is 0. The molecule has 1 rings (SSSR count). The Kier molecular flexibility index (Phi) is 3.10. The van der Waals surface area contributed by atoms with Gasteiger partial charge in [0.25, 0.3) is 12.9 Å². The summed E-state index contributed by atoms with van der Waals surface area (Å²) < 4.78 is 49.2. The average Bonchev–Trinajstić information content (AvgIpc) is 2.17. The first-order chi connectivity index (χ1) is 6.49. The zero-order valence-electron chi connectivity index (χ0n) is 7.00. The Hall–Kier alpha value is -1.10. The van der Waals surface area contributed by atoms with Gasteiger partial charge in [0.1, 0.15) is 0 Å². The van der Waals surface area contributed by atoms with Crippen molar-refractivity contribution in [1.82, 2.24) is 0 Å². The van der Waals surface area contributed by atoms with E-state index < -0.39 is 24.0 Å². The van der Waals surface area contributed by atoms with E-state index in [-0.39, 0.29) is 0 Å². The van der Waals surface area contributed by atoms with Gasteiger partial charge in [-0.25, -0.2) is 17.6 Å². The van der Waals surface area contributed by atoms with Crippen molar-refractivity contribution in [2.45, 2.75) is 18.5 Å². The number of hydrogen-bond donors (Lipinski definition) is 1. The predicted molar refractivity (Wildman–Crippen MR) is 42.3 cm³/mol. The molecule has 0 fully saturated rings. The van der Waals surface area contributed by atoms with Crippen molar-refractivity contribution in [3.63, 3.8) is 0 Å². The average molecular weight is 208 g/mol. The first-order valence-corrected chi connectivity index (χ1v) is 3.83. The highest BCUT2D eigenvalue weighted by atomic mass is 19.3. The number of benzene rings is 1. The van der Waals surface area contributed by atoms with Gasteiger partial charge < -0.3 is 5.11 Å². The number of aliphatic hydroxyl groups is 1. The van der Waals surface area contributed by atoms with Gasteiger partial charge in [-0.1, -0.05) is 30.3 Å². The molecule has 0 amide bonds. The highest BCUT2D eigenvalue weighted by Gasteiger charge is 2.48. The lowest BCUT2D eigenvalue weighted by Gasteiger charge is -2.26. The fourth-order valence-corrected chi connectivity index (χ4v) is 1.05. The Morgan fingerprint density at radius 2 is 1.36 bits per heavy atom. The van der Waals surface area contributed by atoms with Gasteiger partial charge in [0.2, 0.25) is 5.60 Å². The second-order valence-electron chi connectivity index (χ2n) is 2.79. The molecule has 0 unspecified atom stereocenters. The van der Waals surface area contributed by atoms with Crippen molar-refractivity contribution >= 4 is 0 Å². The van der Waals surface area contributed by atoms with Crippen molar-refractivity contribution in [3.8, 4) is 0 Å². The molecule has 5 heteroatoms. The molecule has 0 aliphatic carbocycles. The highest BCUT2D eigenvalue weighted by molar-refractivity contribution is 5.23. The lowest BCUT2D eigenvalue weighted by molar-refractivity contribution is -0.183. The van der Waals surface area contributed by atoms with Crippen LogP contribution in [0.25, 0.3) is 0 Å². The Morgan fingerprint density at radius 1 is 0.929 bits per heavy atom. The van der Waals surface area contributed by atoms with E-state index in [4.69, 9.17) is 5.11 Å². The van der Waals surface area contributed by atoms with Crippen LogP contribution in [0.3, 0.4) is 0 Å². The van der Waals surface area contributed by atoms with Crippen LogP contribution < -0.4 is 0 Å². The van der Waals surface area contributed by atoms with Crippen LogP contribution in [0.1, 0.15) is 5.56 Å². The molecule has 0 saturated carbocycles. The minimum absolute atomic E-state index is 0.481. The Morgan fingerprint density at radius 3 is 1.71 bits per heavy atom. The zero-order valence-corrected chi connectivity index (χ0v) is 7.00. The maximum Gasteiger partial charge on any atom is 0.276 e. The third kappa shape index (κ3) is 1.72. The van der Waals surface area contributed by atoms with Crippen molar-refractivity contribution < 1.29 is 22.7 Å². The monoisotopic (exact) mass is 208 g/mol. The van der Waals surface area contributed by atoms with Crippen molar-refractivity contribution in [3.05, 3.63) is 35.9 Å². The van der Waals surface area contributed by atoms with Crippen molar-refractivity contribution in [2.24, 2.45) is 0 Å². The molecule has 0 atom stereocenters. The standard InChI is InChI=1S/C9H8F4O/c10-7(11)9(14,8(12)13)6-4-2-1-3-5-6/h1-5,7-8,14H. The maximum atomic E-state index is 12.3. The lowest BCUT2D eigenvalue weighted by Crippen LogP contribution is -2.41. The first kappa shape index (κ1) is 11.0. The number of rotatable bonds is 3. The Labute approximate surface area is 78.0 Å². The quantitative estimate of drug-likeness (QED) is 0.756. The third-order valence-electron chi connectivity index (χ3n) is 1.90. The summed E-state index contributed by atoms with van der Waals surface area (Å²) in [5.41, 5.74) is -3.86. The van der Waals surface area contributed by atoms with Gasteiger partial charge in [0.15, 0.2) is 0 Å². The SMILES string of the molecule is OC(c1ccccc1)(C(F)F)C(F)F. The van der Waals surface area contributed by atoms with Crippen LogP contribution in [0.4, 0.5) is 17.6 Å². The highest BCUT2D eigenvalue weighted by Crippen LogP contribution is 2.34. The molecular formula is C9H8F4O. The van der Waals surface area contributed by atoms with Crippen LogP contribution in [0.2, 0.25) is 0 Å². The van der Waals surface area contributed by atoms with Gasteiger partial charge in [-0.15, -0.1) is 0 Å². The van der Waals surface area contributed by atoms with Crippen molar-refractivity contribution in [2.75, 3.05) is 0 Å². The van der Waals surface area contributed by atoms with Crippen LogP contribution in [-0.4, -0.2) is 18.0 Å². The van der Waals surface area contributed by atoms with Gasteiger partial charge in [-0.2, -0.15) is 0 Å². The molecule has 1 nitrogen and oxygen atoms in total. The van der Waals surface area contributed by atoms with Gasteiger partial charge in [0.05, 0.1) is 0 Å². The second kappa shape index (κ2) is 3.96. The molecule has 0 heterocycles. The molecule has 1 aromatic carbocycles. The fourth-order valence-electron chi connectivity index (χ4n) is 1.05. The molecule has 0 aliphatic rings. The molecule has 0 aromatic heterocycles. The Bertz CT molecular complexity index is 278. The van der Waals surface area contributed by atoms with E-state index in [2.05, 4.69) is 0 Å². The number of halogens is 4. The third-order valence-corrected chi connectivity index (χ3v) is 1.90. The van der Waals surface area contributed by atoms with E-state index in [0.29, 0.717) is 0 Å². The van der Waals surface area contributed by atoms with Crippen LogP contribution in [0.15, 0.2) is 30.3 Å². The normalized spacial score (nSPS) is 12.5. The van der Waals surface area contributed by atoms with Crippen molar-refractivity contribution in [1.29, 1.82) is 0 Å². The number of hydrogen-bond acceptors (Lipinski definition) is 1. The summed E-state index contributed by atoms with van der Waals surface area (Å²) in [6, 6.07) is 6.19. The number of alkyl halides is 4. The summed E-state index contributed by atoms with van der Waals surface area (Å²) in [6.07, 6.45) is -7.05. The Balaban J connectivity index is 3.13. The lowest BCUT2D eigenvalue weighted by atomic mass is 9.95. The van der Waals surface area contributed by atoms with E-state index in [1.54, 1.807) is 0 Å². The molecule has 78 valence electrons. The predicted octanol–water partition coefficient (Wildman–Crippen LogP) is 2.40. The zero-order chi connectivity index (χ0) is 10.8. The molecule has 0 bridgehead atoms. The minimum atomic E-state index is -3.52. The topological polar surface area (TPSA) is 20.2 Å². The molecule has 1 N–H and O–H groups in total. The molecule has 0 saturated heterocycles. The van der Waals surface area contributed by atoms with Crippen LogP contribution >= 0.6 is 0 Å². The summed E-state index contributed by atoms with van der Waals surface area (Å²) in [5, 5.41) is 9.14. The molecular weight excluding hydrogens is 200 g/mol. The summed E-state index contributed by atoms with van der Waals surface area (Å²) in [6.45, 7) is 0. The molecule has 0 radical (unpaired) electrons. The first-order valence-electron chi connectivity index (χ1n) is 3.83. The summed E-state index contributed by atoms with van der Waals surface area (Å²) >= 11 is 0. The van der Waals surface area contributed by atoms with E-state index in [1.165, 1.54) is 18.2 Å². The summed E-state index contributed by atoms with van der Waals surface area (Å²) in [5.74, 6) is 0. The van der Waals surface area contributed by atoms with Gasteiger partial charge in [0, 0.05) is 0 Å².